The van der Waals surface area contributed by atoms with Crippen LogP contribution in [-0.2, 0) is 17.6 Å². The van der Waals surface area contributed by atoms with Gasteiger partial charge in [-0.25, -0.2) is 0 Å². The van der Waals surface area contributed by atoms with Crippen molar-refractivity contribution in [2.45, 2.75) is 142 Å². The van der Waals surface area contributed by atoms with E-state index in [4.69, 9.17) is 9.52 Å². The first-order valence-corrected chi connectivity index (χ1v) is 12.9. The Bertz CT molecular complexity index is 532. The molecule has 1 N–H and O–H groups in total. The lowest BCUT2D eigenvalue weighted by molar-refractivity contribution is -0.137. The first-order valence-electron chi connectivity index (χ1n) is 12.9. The zero-order valence-electron chi connectivity index (χ0n) is 20.0. The molecular formula is C27H48O3. The first-order chi connectivity index (χ1) is 14.6. The number of carbonyl (C=O) groups is 1. The minimum absolute atomic E-state index is 0.333. The van der Waals surface area contributed by atoms with E-state index in [0.717, 1.165) is 25.7 Å². The normalized spacial score (nSPS) is 11.3. The Balaban J connectivity index is 1.91. The predicted molar refractivity (Wildman–Crippen MR) is 127 cm³/mol. The Hall–Kier alpha value is -1.25. The topological polar surface area (TPSA) is 50.4 Å². The van der Waals surface area contributed by atoms with Crippen LogP contribution >= 0.6 is 0 Å². The van der Waals surface area contributed by atoms with Gasteiger partial charge in [-0.3, -0.25) is 4.79 Å². The highest BCUT2D eigenvalue weighted by atomic mass is 16.4. The Kier molecular flexibility index (Phi) is 16.5. The number of hydrogen-bond acceptors (Lipinski definition) is 2. The van der Waals surface area contributed by atoms with E-state index in [1.807, 2.05) is 0 Å². The van der Waals surface area contributed by atoms with E-state index in [2.05, 4.69) is 19.9 Å². The average Bonchev–Trinajstić information content (AvgIpc) is 3.07. The van der Waals surface area contributed by atoms with Crippen molar-refractivity contribution in [2.75, 3.05) is 0 Å². The lowest BCUT2D eigenvalue weighted by Gasteiger charge is -2.03. The van der Waals surface area contributed by atoms with Crippen LogP contribution in [0.4, 0.5) is 0 Å². The molecule has 174 valence electrons. The number of furan rings is 1. The van der Waals surface area contributed by atoms with Crippen molar-refractivity contribution >= 4 is 5.97 Å². The highest BCUT2D eigenvalue weighted by Crippen LogP contribution is 2.20. The molecule has 0 atom stereocenters. The van der Waals surface area contributed by atoms with Crippen LogP contribution in [-0.4, -0.2) is 11.1 Å². The summed E-state index contributed by atoms with van der Waals surface area (Å²) in [5.74, 6) is 1.76. The molecule has 0 aliphatic rings. The standard InChI is InChI=1S/C27H48O3/c1-3-4-5-14-18-21-26-24(2)23-25(30-26)20-17-15-12-10-8-6-7-9-11-13-16-19-22-27(28)29/h23H,3-22H2,1-2H3,(H,28,29). The van der Waals surface area contributed by atoms with Crippen molar-refractivity contribution < 1.29 is 14.3 Å². The summed E-state index contributed by atoms with van der Waals surface area (Å²) in [4.78, 5) is 10.4. The van der Waals surface area contributed by atoms with Gasteiger partial charge in [0.25, 0.3) is 0 Å². The summed E-state index contributed by atoms with van der Waals surface area (Å²) in [5, 5.41) is 8.61. The molecule has 3 nitrogen and oxygen atoms in total. The summed E-state index contributed by atoms with van der Waals surface area (Å²) in [7, 11) is 0. The largest absolute Gasteiger partial charge is 0.481 e. The molecule has 0 amide bonds. The Morgan fingerprint density at radius 2 is 1.20 bits per heavy atom. The van der Waals surface area contributed by atoms with Crippen molar-refractivity contribution in [1.29, 1.82) is 0 Å². The van der Waals surface area contributed by atoms with Gasteiger partial charge in [0.15, 0.2) is 0 Å². The van der Waals surface area contributed by atoms with Crippen LogP contribution in [0.1, 0.15) is 140 Å². The molecule has 0 aliphatic carbocycles. The maximum absolute atomic E-state index is 10.4. The van der Waals surface area contributed by atoms with Gasteiger partial charge in [0, 0.05) is 19.3 Å². The van der Waals surface area contributed by atoms with Crippen molar-refractivity contribution in [3.8, 4) is 0 Å². The molecule has 1 heterocycles. The Morgan fingerprint density at radius 1 is 0.733 bits per heavy atom. The molecule has 1 rings (SSSR count). The van der Waals surface area contributed by atoms with E-state index in [1.54, 1.807) is 0 Å². The molecule has 30 heavy (non-hydrogen) atoms. The molecule has 0 unspecified atom stereocenters. The number of aryl methyl sites for hydroxylation is 3. The van der Waals surface area contributed by atoms with Gasteiger partial charge in [0.2, 0.25) is 0 Å². The fraction of sp³-hybridized carbons (Fsp3) is 0.815. The maximum Gasteiger partial charge on any atom is 0.303 e. The van der Waals surface area contributed by atoms with Crippen LogP contribution < -0.4 is 0 Å². The Morgan fingerprint density at radius 3 is 1.73 bits per heavy atom. The molecule has 0 bridgehead atoms. The van der Waals surface area contributed by atoms with Gasteiger partial charge in [-0.15, -0.1) is 0 Å². The molecule has 0 fully saturated rings. The summed E-state index contributed by atoms with van der Waals surface area (Å²) in [6.07, 6.45) is 24.2. The number of aliphatic carboxylic acids is 1. The fourth-order valence-corrected chi connectivity index (χ4v) is 4.19. The van der Waals surface area contributed by atoms with Crippen LogP contribution in [0.3, 0.4) is 0 Å². The average molecular weight is 421 g/mol. The van der Waals surface area contributed by atoms with E-state index in [9.17, 15) is 4.79 Å². The monoisotopic (exact) mass is 420 g/mol. The van der Waals surface area contributed by atoms with Gasteiger partial charge in [0.05, 0.1) is 0 Å². The Labute approximate surface area is 186 Å². The lowest BCUT2D eigenvalue weighted by atomic mass is 10.0. The van der Waals surface area contributed by atoms with E-state index in [0.29, 0.717) is 6.42 Å². The predicted octanol–water partition coefficient (Wildman–Crippen LogP) is 8.80. The van der Waals surface area contributed by atoms with Crippen molar-refractivity contribution in [3.63, 3.8) is 0 Å². The van der Waals surface area contributed by atoms with E-state index in [1.165, 1.54) is 113 Å². The van der Waals surface area contributed by atoms with Crippen LogP contribution in [0.5, 0.6) is 0 Å². The molecule has 0 radical (unpaired) electrons. The highest BCUT2D eigenvalue weighted by Gasteiger charge is 2.07. The third-order valence-electron chi connectivity index (χ3n) is 6.14. The highest BCUT2D eigenvalue weighted by molar-refractivity contribution is 5.66. The van der Waals surface area contributed by atoms with Crippen molar-refractivity contribution in [1.82, 2.24) is 0 Å². The zero-order chi connectivity index (χ0) is 21.9. The summed E-state index contributed by atoms with van der Waals surface area (Å²) >= 11 is 0. The molecule has 3 heteroatoms. The maximum atomic E-state index is 10.4. The van der Waals surface area contributed by atoms with Gasteiger partial charge in [-0.1, -0.05) is 96.8 Å². The molecule has 0 spiro atoms. The van der Waals surface area contributed by atoms with Gasteiger partial charge < -0.3 is 9.52 Å². The smallest absolute Gasteiger partial charge is 0.303 e. The molecule has 1 aromatic rings. The summed E-state index contributed by atoms with van der Waals surface area (Å²) in [6.45, 7) is 4.46. The quantitative estimate of drug-likeness (QED) is 0.202. The third kappa shape index (κ3) is 14.7. The SMILES string of the molecule is CCCCCCCc1oc(CCCCCCCCCCCCCCC(=O)O)cc1C. The number of carboxylic acids is 1. The van der Waals surface area contributed by atoms with Crippen molar-refractivity contribution in [2.24, 2.45) is 0 Å². The lowest BCUT2D eigenvalue weighted by Crippen LogP contribution is -1.93. The van der Waals surface area contributed by atoms with Gasteiger partial charge >= 0.3 is 5.97 Å². The van der Waals surface area contributed by atoms with Gasteiger partial charge in [-0.2, -0.15) is 0 Å². The zero-order valence-corrected chi connectivity index (χ0v) is 20.0. The van der Waals surface area contributed by atoms with Crippen LogP contribution in [0.25, 0.3) is 0 Å². The minimum Gasteiger partial charge on any atom is -0.481 e. The van der Waals surface area contributed by atoms with Gasteiger partial charge in [0.1, 0.15) is 11.5 Å². The molecule has 0 aromatic carbocycles. The number of carboxylic acid groups (broad SMARTS) is 1. The molecule has 1 aromatic heterocycles. The third-order valence-corrected chi connectivity index (χ3v) is 6.14. The second-order valence-electron chi connectivity index (χ2n) is 9.12. The first kappa shape index (κ1) is 26.8. The summed E-state index contributed by atoms with van der Waals surface area (Å²) in [5.41, 5.74) is 1.35. The van der Waals surface area contributed by atoms with E-state index in [-0.39, 0.29) is 0 Å². The summed E-state index contributed by atoms with van der Waals surface area (Å²) in [6, 6.07) is 2.27. The molecule has 0 aliphatic heterocycles. The second-order valence-corrected chi connectivity index (χ2v) is 9.12. The number of rotatable bonds is 21. The molecule has 0 saturated carbocycles. The molecule has 0 saturated heterocycles. The van der Waals surface area contributed by atoms with Gasteiger partial charge in [-0.05, 0) is 37.8 Å². The second kappa shape index (κ2) is 18.5. The molecular weight excluding hydrogens is 372 g/mol. The van der Waals surface area contributed by atoms with Crippen LogP contribution in [0.15, 0.2) is 10.5 Å². The van der Waals surface area contributed by atoms with E-state index < -0.39 is 5.97 Å². The van der Waals surface area contributed by atoms with Crippen molar-refractivity contribution in [3.05, 3.63) is 23.2 Å². The number of hydrogen-bond donors (Lipinski definition) is 1. The number of unbranched alkanes of at least 4 members (excludes halogenated alkanes) is 15. The van der Waals surface area contributed by atoms with Crippen LogP contribution in [0.2, 0.25) is 0 Å². The van der Waals surface area contributed by atoms with E-state index >= 15 is 0 Å². The fourth-order valence-electron chi connectivity index (χ4n) is 4.19. The van der Waals surface area contributed by atoms with Crippen LogP contribution in [0, 0.1) is 6.92 Å². The minimum atomic E-state index is -0.660. The summed E-state index contributed by atoms with van der Waals surface area (Å²) < 4.78 is 6.11.